The summed E-state index contributed by atoms with van der Waals surface area (Å²) >= 11 is 0. The molecule has 1 aliphatic rings. The zero-order chi connectivity index (χ0) is 19.4. The first-order valence-electron chi connectivity index (χ1n) is 8.85. The van der Waals surface area contributed by atoms with Gasteiger partial charge in [-0.1, -0.05) is 19.1 Å². The van der Waals surface area contributed by atoms with E-state index in [1.54, 1.807) is 12.4 Å². The molecule has 3 rings (SSSR count). The van der Waals surface area contributed by atoms with Gasteiger partial charge in [0.05, 0.1) is 10.6 Å². The van der Waals surface area contributed by atoms with Gasteiger partial charge in [-0.25, -0.2) is 18.4 Å². The van der Waals surface area contributed by atoms with Crippen LogP contribution < -0.4 is 10.2 Å². The minimum Gasteiger partial charge on any atom is -0.381 e. The molecule has 27 heavy (non-hydrogen) atoms. The van der Waals surface area contributed by atoms with Crippen molar-refractivity contribution < 1.29 is 17.2 Å². The SMILES string of the molecule is CCc1cc(N2CCC(Nc3ccccc3S(=O)(=O)C(F)F)CC2)ncn1. The molecule has 1 fully saturated rings. The Morgan fingerprint density at radius 2 is 1.93 bits per heavy atom. The molecular formula is C18H22F2N4O2S. The average molecular weight is 396 g/mol. The number of aromatic nitrogens is 2. The second kappa shape index (κ2) is 8.16. The standard InChI is InChI=1S/C18H22F2N4O2S/c1-2-13-11-17(22-12-21-13)24-9-7-14(8-10-24)23-15-5-3-4-6-16(15)27(25,26)18(19)20/h3-6,11-12,14,18,23H,2,7-10H2,1H3. The van der Waals surface area contributed by atoms with Gasteiger partial charge in [0.15, 0.2) is 0 Å². The van der Waals surface area contributed by atoms with Gasteiger partial charge in [-0.05, 0) is 31.4 Å². The molecule has 0 bridgehead atoms. The third-order valence-corrected chi connectivity index (χ3v) is 6.12. The molecule has 6 nitrogen and oxygen atoms in total. The number of hydrogen-bond acceptors (Lipinski definition) is 6. The zero-order valence-electron chi connectivity index (χ0n) is 15.0. The number of sulfone groups is 1. The van der Waals surface area contributed by atoms with Gasteiger partial charge in [0.2, 0.25) is 9.84 Å². The number of para-hydroxylation sites is 1. The fourth-order valence-electron chi connectivity index (χ4n) is 3.15. The van der Waals surface area contributed by atoms with E-state index in [1.165, 1.54) is 18.2 Å². The van der Waals surface area contributed by atoms with Crippen LogP contribution in [0.5, 0.6) is 0 Å². The van der Waals surface area contributed by atoms with Crippen molar-refractivity contribution in [2.45, 2.75) is 42.9 Å². The Balaban J connectivity index is 1.68. The normalized spacial score (nSPS) is 15.9. The van der Waals surface area contributed by atoms with Crippen LogP contribution in [0.4, 0.5) is 20.3 Å². The van der Waals surface area contributed by atoms with Crippen LogP contribution in [-0.2, 0) is 16.3 Å². The summed E-state index contributed by atoms with van der Waals surface area (Å²) in [6, 6.07) is 7.80. The molecule has 1 N–H and O–H groups in total. The maximum Gasteiger partial charge on any atom is 0.341 e. The van der Waals surface area contributed by atoms with E-state index in [0.29, 0.717) is 0 Å². The molecule has 1 aliphatic heterocycles. The molecule has 0 spiro atoms. The third-order valence-electron chi connectivity index (χ3n) is 4.68. The number of rotatable bonds is 6. The quantitative estimate of drug-likeness (QED) is 0.809. The highest BCUT2D eigenvalue weighted by Crippen LogP contribution is 2.28. The largest absolute Gasteiger partial charge is 0.381 e. The fraction of sp³-hybridized carbons (Fsp3) is 0.444. The highest BCUT2D eigenvalue weighted by Gasteiger charge is 2.30. The topological polar surface area (TPSA) is 75.2 Å². The predicted molar refractivity (Wildman–Crippen MR) is 99.9 cm³/mol. The predicted octanol–water partition coefficient (Wildman–Crippen LogP) is 3.12. The van der Waals surface area contributed by atoms with E-state index in [4.69, 9.17) is 0 Å². The van der Waals surface area contributed by atoms with Gasteiger partial charge in [-0.3, -0.25) is 0 Å². The van der Waals surface area contributed by atoms with Crippen LogP contribution in [0.2, 0.25) is 0 Å². The van der Waals surface area contributed by atoms with Gasteiger partial charge in [0.25, 0.3) is 0 Å². The summed E-state index contributed by atoms with van der Waals surface area (Å²) in [6.45, 7) is 3.51. The molecule has 1 aromatic heterocycles. The summed E-state index contributed by atoms with van der Waals surface area (Å²) in [5.74, 6) is -2.56. The summed E-state index contributed by atoms with van der Waals surface area (Å²) in [7, 11) is -4.64. The second-order valence-electron chi connectivity index (χ2n) is 6.43. The first kappa shape index (κ1) is 19.5. The lowest BCUT2D eigenvalue weighted by molar-refractivity contribution is 0.235. The molecule has 0 saturated carbocycles. The summed E-state index contributed by atoms with van der Waals surface area (Å²) in [4.78, 5) is 10.3. The smallest absolute Gasteiger partial charge is 0.341 e. The summed E-state index contributed by atoms with van der Waals surface area (Å²) in [5, 5.41) is 3.13. The van der Waals surface area contributed by atoms with Crippen LogP contribution in [0, 0.1) is 0 Å². The van der Waals surface area contributed by atoms with Crippen LogP contribution in [0.3, 0.4) is 0 Å². The van der Waals surface area contributed by atoms with Gasteiger partial charge in [-0.2, -0.15) is 8.78 Å². The lowest BCUT2D eigenvalue weighted by atomic mass is 10.0. The Morgan fingerprint density at radius 1 is 1.22 bits per heavy atom. The van der Waals surface area contributed by atoms with Crippen LogP contribution in [0.25, 0.3) is 0 Å². The summed E-state index contributed by atoms with van der Waals surface area (Å²) < 4.78 is 49.6. The fourth-order valence-corrected chi connectivity index (χ4v) is 4.05. The maximum absolute atomic E-state index is 12.9. The van der Waals surface area contributed by atoms with Crippen molar-refractivity contribution in [2.75, 3.05) is 23.3 Å². The molecule has 9 heteroatoms. The lowest BCUT2D eigenvalue weighted by Gasteiger charge is -2.34. The zero-order valence-corrected chi connectivity index (χ0v) is 15.8. The molecule has 2 heterocycles. The average Bonchev–Trinajstić information content (AvgIpc) is 2.69. The van der Waals surface area contributed by atoms with Crippen LogP contribution in [-0.4, -0.2) is 43.3 Å². The van der Waals surface area contributed by atoms with Gasteiger partial charge >= 0.3 is 5.76 Å². The van der Waals surface area contributed by atoms with E-state index < -0.39 is 15.6 Å². The van der Waals surface area contributed by atoms with Crippen molar-refractivity contribution >= 4 is 21.3 Å². The number of nitrogens with zero attached hydrogens (tertiary/aromatic N) is 3. The van der Waals surface area contributed by atoms with Crippen molar-refractivity contribution in [3.8, 4) is 0 Å². The molecule has 2 aromatic rings. The number of benzene rings is 1. The molecule has 0 unspecified atom stereocenters. The number of piperidine rings is 1. The Morgan fingerprint density at radius 3 is 2.59 bits per heavy atom. The molecule has 0 atom stereocenters. The molecule has 1 aromatic carbocycles. The van der Waals surface area contributed by atoms with Crippen molar-refractivity contribution in [3.05, 3.63) is 42.4 Å². The van der Waals surface area contributed by atoms with Crippen molar-refractivity contribution in [1.29, 1.82) is 0 Å². The third kappa shape index (κ3) is 4.35. The lowest BCUT2D eigenvalue weighted by Crippen LogP contribution is -2.39. The Kier molecular flexibility index (Phi) is 5.88. The van der Waals surface area contributed by atoms with E-state index in [2.05, 4.69) is 20.2 Å². The van der Waals surface area contributed by atoms with Crippen molar-refractivity contribution in [3.63, 3.8) is 0 Å². The Labute approximate surface area is 157 Å². The maximum atomic E-state index is 12.9. The van der Waals surface area contributed by atoms with Crippen LogP contribution >= 0.6 is 0 Å². The Bertz CT molecular complexity index is 884. The van der Waals surface area contributed by atoms with Gasteiger partial charge < -0.3 is 10.2 Å². The van der Waals surface area contributed by atoms with Crippen molar-refractivity contribution in [1.82, 2.24) is 9.97 Å². The highest BCUT2D eigenvalue weighted by molar-refractivity contribution is 7.91. The molecule has 0 aliphatic carbocycles. The number of halogens is 2. The molecule has 0 radical (unpaired) electrons. The van der Waals surface area contributed by atoms with E-state index >= 15 is 0 Å². The molecular weight excluding hydrogens is 374 g/mol. The minimum atomic E-state index is -4.64. The van der Waals surface area contributed by atoms with E-state index in [-0.39, 0.29) is 16.6 Å². The number of aryl methyl sites for hydroxylation is 1. The van der Waals surface area contributed by atoms with Gasteiger partial charge in [0.1, 0.15) is 12.1 Å². The molecule has 146 valence electrons. The van der Waals surface area contributed by atoms with Crippen molar-refractivity contribution in [2.24, 2.45) is 0 Å². The van der Waals surface area contributed by atoms with Gasteiger partial charge in [0, 0.05) is 30.9 Å². The van der Waals surface area contributed by atoms with Gasteiger partial charge in [-0.15, -0.1) is 0 Å². The first-order chi connectivity index (χ1) is 12.9. The molecule has 0 amide bonds. The monoisotopic (exact) mass is 396 g/mol. The van der Waals surface area contributed by atoms with E-state index in [0.717, 1.165) is 43.9 Å². The molecule has 1 saturated heterocycles. The van der Waals surface area contributed by atoms with E-state index in [9.17, 15) is 17.2 Å². The number of alkyl halides is 2. The Hall–Kier alpha value is -2.29. The summed E-state index contributed by atoms with van der Waals surface area (Å²) in [6.07, 6.45) is 3.88. The number of hydrogen-bond donors (Lipinski definition) is 1. The second-order valence-corrected chi connectivity index (χ2v) is 8.31. The summed E-state index contributed by atoms with van der Waals surface area (Å²) in [5.41, 5.74) is 1.21. The van der Waals surface area contributed by atoms with Crippen LogP contribution in [0.1, 0.15) is 25.5 Å². The number of anilines is 2. The number of nitrogens with one attached hydrogen (secondary N) is 1. The minimum absolute atomic E-state index is 0.00255. The van der Waals surface area contributed by atoms with Crippen LogP contribution in [0.15, 0.2) is 41.6 Å². The first-order valence-corrected chi connectivity index (χ1v) is 10.4. The highest BCUT2D eigenvalue weighted by atomic mass is 32.2. The van der Waals surface area contributed by atoms with E-state index in [1.807, 2.05) is 13.0 Å².